The van der Waals surface area contributed by atoms with Gasteiger partial charge in [-0.15, -0.1) is 0 Å². The van der Waals surface area contributed by atoms with E-state index in [-0.39, 0.29) is 11.9 Å². The fraction of sp³-hybridized carbons (Fsp3) is 0.643. The van der Waals surface area contributed by atoms with E-state index in [1.165, 1.54) is 0 Å². The molecular formula is C14H23N5O. The Morgan fingerprint density at radius 3 is 3.00 bits per heavy atom. The quantitative estimate of drug-likeness (QED) is 0.868. The molecule has 110 valence electrons. The monoisotopic (exact) mass is 277 g/mol. The third-order valence-electron chi connectivity index (χ3n) is 3.60. The molecule has 1 aromatic rings. The fourth-order valence-electron chi connectivity index (χ4n) is 2.59. The molecule has 1 aliphatic heterocycles. The molecule has 1 fully saturated rings. The zero-order valence-corrected chi connectivity index (χ0v) is 12.4. The first-order valence-corrected chi connectivity index (χ1v) is 7.23. The number of piperidine rings is 1. The lowest BCUT2D eigenvalue weighted by molar-refractivity contribution is -0.122. The molecule has 1 aromatic heterocycles. The zero-order chi connectivity index (χ0) is 14.5. The largest absolute Gasteiger partial charge is 0.357 e. The molecule has 0 bridgehead atoms. The number of carbonyl (C=O) groups excluding carboxylic acids is 1. The Balaban J connectivity index is 2.31. The van der Waals surface area contributed by atoms with Crippen LogP contribution < -0.4 is 15.5 Å². The Bertz CT molecular complexity index is 477. The summed E-state index contributed by atoms with van der Waals surface area (Å²) in [5.74, 6) is 1.55. The van der Waals surface area contributed by atoms with Gasteiger partial charge in [-0.2, -0.15) is 4.98 Å². The molecule has 1 saturated heterocycles. The summed E-state index contributed by atoms with van der Waals surface area (Å²) in [4.78, 5) is 23.0. The summed E-state index contributed by atoms with van der Waals surface area (Å²) < 4.78 is 0. The highest BCUT2D eigenvalue weighted by atomic mass is 16.2. The van der Waals surface area contributed by atoms with Gasteiger partial charge in [0.1, 0.15) is 11.9 Å². The van der Waals surface area contributed by atoms with E-state index in [1.807, 2.05) is 20.0 Å². The van der Waals surface area contributed by atoms with E-state index in [4.69, 9.17) is 0 Å². The molecule has 1 aliphatic rings. The maximum absolute atomic E-state index is 12.1. The second kappa shape index (κ2) is 6.54. The van der Waals surface area contributed by atoms with Crippen molar-refractivity contribution in [1.29, 1.82) is 0 Å². The van der Waals surface area contributed by atoms with Crippen molar-refractivity contribution in [3.05, 3.63) is 11.8 Å². The molecule has 2 rings (SSSR count). The van der Waals surface area contributed by atoms with Crippen molar-refractivity contribution in [3.63, 3.8) is 0 Å². The van der Waals surface area contributed by atoms with Crippen LogP contribution in [0.15, 0.2) is 6.20 Å². The Morgan fingerprint density at radius 2 is 2.30 bits per heavy atom. The maximum atomic E-state index is 12.1. The van der Waals surface area contributed by atoms with Gasteiger partial charge in [0.05, 0.1) is 0 Å². The molecule has 6 heteroatoms. The molecule has 0 radical (unpaired) electrons. The molecule has 0 aromatic carbocycles. The first kappa shape index (κ1) is 14.6. The molecule has 20 heavy (non-hydrogen) atoms. The number of anilines is 2. The SMILES string of the molecule is CCNc1ncc(C)c(N2CCCCC2C(=O)NC)n1. The van der Waals surface area contributed by atoms with Crippen molar-refractivity contribution in [1.82, 2.24) is 15.3 Å². The summed E-state index contributed by atoms with van der Waals surface area (Å²) >= 11 is 0. The first-order valence-electron chi connectivity index (χ1n) is 7.23. The van der Waals surface area contributed by atoms with Gasteiger partial charge in [0.2, 0.25) is 11.9 Å². The van der Waals surface area contributed by atoms with Crippen LogP contribution in [0.2, 0.25) is 0 Å². The number of aryl methyl sites for hydroxylation is 1. The summed E-state index contributed by atoms with van der Waals surface area (Å²) in [6.07, 6.45) is 4.86. The van der Waals surface area contributed by atoms with Gasteiger partial charge in [-0.3, -0.25) is 4.79 Å². The number of likely N-dealkylation sites (N-methyl/N-ethyl adjacent to an activating group) is 1. The Kier molecular flexibility index (Phi) is 4.76. The molecule has 0 spiro atoms. The van der Waals surface area contributed by atoms with Gasteiger partial charge in [-0.05, 0) is 33.1 Å². The van der Waals surface area contributed by atoms with Crippen LogP contribution in [-0.2, 0) is 4.79 Å². The summed E-state index contributed by atoms with van der Waals surface area (Å²) in [7, 11) is 1.69. The lowest BCUT2D eigenvalue weighted by Crippen LogP contribution is -2.49. The molecule has 2 heterocycles. The van der Waals surface area contributed by atoms with Gasteiger partial charge in [-0.1, -0.05) is 0 Å². The lowest BCUT2D eigenvalue weighted by Gasteiger charge is -2.36. The van der Waals surface area contributed by atoms with Crippen molar-refractivity contribution < 1.29 is 4.79 Å². The number of hydrogen-bond acceptors (Lipinski definition) is 5. The maximum Gasteiger partial charge on any atom is 0.242 e. The van der Waals surface area contributed by atoms with Gasteiger partial charge < -0.3 is 15.5 Å². The topological polar surface area (TPSA) is 70.2 Å². The van der Waals surface area contributed by atoms with Crippen molar-refractivity contribution in [2.75, 3.05) is 30.4 Å². The Labute approximate surface area is 120 Å². The predicted octanol–water partition coefficient (Wildman–Crippen LogP) is 1.32. The third-order valence-corrected chi connectivity index (χ3v) is 3.60. The lowest BCUT2D eigenvalue weighted by atomic mass is 10.0. The van der Waals surface area contributed by atoms with Gasteiger partial charge in [0.15, 0.2) is 0 Å². The minimum atomic E-state index is -0.128. The van der Waals surface area contributed by atoms with Crippen molar-refractivity contribution >= 4 is 17.7 Å². The standard InChI is InChI=1S/C14H23N5O/c1-4-16-14-17-9-10(2)12(18-14)19-8-6-5-7-11(19)13(20)15-3/h9,11H,4-8H2,1-3H3,(H,15,20)(H,16,17,18). The van der Waals surface area contributed by atoms with E-state index >= 15 is 0 Å². The normalized spacial score (nSPS) is 18.8. The minimum absolute atomic E-state index is 0.0627. The molecule has 0 aliphatic carbocycles. The van der Waals surface area contributed by atoms with E-state index in [0.717, 1.165) is 43.7 Å². The van der Waals surface area contributed by atoms with Crippen LogP contribution in [0.4, 0.5) is 11.8 Å². The highest BCUT2D eigenvalue weighted by Gasteiger charge is 2.30. The fourth-order valence-corrected chi connectivity index (χ4v) is 2.59. The Hall–Kier alpha value is -1.85. The number of rotatable bonds is 4. The highest BCUT2D eigenvalue weighted by molar-refractivity contribution is 5.85. The summed E-state index contributed by atoms with van der Waals surface area (Å²) in [5, 5.41) is 5.88. The van der Waals surface area contributed by atoms with E-state index in [2.05, 4.69) is 25.5 Å². The van der Waals surface area contributed by atoms with Crippen LogP contribution in [0.1, 0.15) is 31.7 Å². The zero-order valence-electron chi connectivity index (χ0n) is 12.4. The molecule has 0 saturated carbocycles. The average Bonchev–Trinajstić information content (AvgIpc) is 2.49. The predicted molar refractivity (Wildman–Crippen MR) is 80.0 cm³/mol. The Morgan fingerprint density at radius 1 is 1.50 bits per heavy atom. The number of carbonyl (C=O) groups is 1. The van der Waals surface area contributed by atoms with Crippen molar-refractivity contribution in [2.24, 2.45) is 0 Å². The molecule has 2 N–H and O–H groups in total. The number of nitrogens with one attached hydrogen (secondary N) is 2. The molecular weight excluding hydrogens is 254 g/mol. The van der Waals surface area contributed by atoms with Gasteiger partial charge in [0.25, 0.3) is 0 Å². The smallest absolute Gasteiger partial charge is 0.242 e. The van der Waals surface area contributed by atoms with E-state index < -0.39 is 0 Å². The molecule has 1 unspecified atom stereocenters. The summed E-state index contributed by atoms with van der Waals surface area (Å²) in [6, 6.07) is -0.128. The van der Waals surface area contributed by atoms with Gasteiger partial charge >= 0.3 is 0 Å². The second-order valence-electron chi connectivity index (χ2n) is 5.05. The van der Waals surface area contributed by atoms with Crippen LogP contribution in [0, 0.1) is 6.92 Å². The van der Waals surface area contributed by atoms with Crippen molar-refractivity contribution in [2.45, 2.75) is 39.2 Å². The van der Waals surface area contributed by atoms with Crippen LogP contribution in [0.3, 0.4) is 0 Å². The first-order chi connectivity index (χ1) is 9.67. The summed E-state index contributed by atoms with van der Waals surface area (Å²) in [6.45, 7) is 5.64. The van der Waals surface area contributed by atoms with Gasteiger partial charge in [-0.25, -0.2) is 4.98 Å². The number of amides is 1. The van der Waals surface area contributed by atoms with Gasteiger partial charge in [0, 0.05) is 31.9 Å². The van der Waals surface area contributed by atoms with Crippen molar-refractivity contribution in [3.8, 4) is 0 Å². The molecule has 1 amide bonds. The third kappa shape index (κ3) is 3.00. The van der Waals surface area contributed by atoms with E-state index in [1.54, 1.807) is 7.05 Å². The number of aromatic nitrogens is 2. The molecule has 6 nitrogen and oxygen atoms in total. The minimum Gasteiger partial charge on any atom is -0.357 e. The van der Waals surface area contributed by atoms with Crippen LogP contribution >= 0.6 is 0 Å². The van der Waals surface area contributed by atoms with E-state index in [9.17, 15) is 4.79 Å². The van der Waals surface area contributed by atoms with Crippen LogP contribution in [0.25, 0.3) is 0 Å². The number of nitrogens with zero attached hydrogens (tertiary/aromatic N) is 3. The van der Waals surface area contributed by atoms with Crippen LogP contribution in [-0.4, -0.2) is 42.1 Å². The number of hydrogen-bond donors (Lipinski definition) is 2. The summed E-state index contributed by atoms with van der Waals surface area (Å²) in [5.41, 5.74) is 1.00. The molecule has 1 atom stereocenters. The second-order valence-corrected chi connectivity index (χ2v) is 5.05. The van der Waals surface area contributed by atoms with Crippen LogP contribution in [0.5, 0.6) is 0 Å². The highest BCUT2D eigenvalue weighted by Crippen LogP contribution is 2.26. The average molecular weight is 277 g/mol. The van der Waals surface area contributed by atoms with E-state index in [0.29, 0.717) is 5.95 Å².